The molecule has 5 heteroatoms. The number of ether oxygens (including phenoxy) is 1. The number of hydrogen-bond acceptors (Lipinski definition) is 3. The van der Waals surface area contributed by atoms with Gasteiger partial charge in [0.1, 0.15) is 5.75 Å². The molecule has 2 N–H and O–H groups in total. The van der Waals surface area contributed by atoms with Crippen LogP contribution in [0.15, 0.2) is 54.6 Å². The van der Waals surface area contributed by atoms with Crippen LogP contribution in [0.2, 0.25) is 0 Å². The van der Waals surface area contributed by atoms with E-state index >= 15 is 0 Å². The third-order valence-corrected chi connectivity index (χ3v) is 4.26. The summed E-state index contributed by atoms with van der Waals surface area (Å²) in [5, 5.41) is 5.81. The van der Waals surface area contributed by atoms with Crippen LogP contribution >= 0.6 is 0 Å². The molecule has 0 aliphatic carbocycles. The van der Waals surface area contributed by atoms with Crippen LogP contribution in [0.3, 0.4) is 0 Å². The highest BCUT2D eigenvalue weighted by molar-refractivity contribution is 5.79. The summed E-state index contributed by atoms with van der Waals surface area (Å²) in [6.07, 6.45) is 0.188. The van der Waals surface area contributed by atoms with Gasteiger partial charge in [-0.2, -0.15) is 0 Å². The maximum absolute atomic E-state index is 12.4. The molecular weight excluding hydrogens is 328 g/mol. The van der Waals surface area contributed by atoms with Gasteiger partial charge in [-0.15, -0.1) is 0 Å². The first-order chi connectivity index (χ1) is 12.5. The number of carbonyl (C=O) groups excluding carboxylic acids is 2. The molecule has 0 aliphatic heterocycles. The van der Waals surface area contributed by atoms with E-state index in [9.17, 15) is 9.59 Å². The molecule has 0 radical (unpaired) electrons. The van der Waals surface area contributed by atoms with Crippen LogP contribution in [0, 0.1) is 0 Å². The molecule has 0 heterocycles. The first-order valence-electron chi connectivity index (χ1n) is 8.72. The summed E-state index contributed by atoms with van der Waals surface area (Å²) in [4.78, 5) is 23.9. The summed E-state index contributed by atoms with van der Waals surface area (Å²) in [7, 11) is 1.60. The fourth-order valence-corrected chi connectivity index (χ4v) is 2.76. The number of benzene rings is 2. The van der Waals surface area contributed by atoms with Crippen LogP contribution in [0.4, 0.5) is 0 Å². The maximum Gasteiger partial charge on any atom is 0.222 e. The molecule has 0 saturated heterocycles. The van der Waals surface area contributed by atoms with Crippen molar-refractivity contribution in [2.24, 2.45) is 0 Å². The van der Waals surface area contributed by atoms with Crippen LogP contribution in [0.1, 0.15) is 43.4 Å². The van der Waals surface area contributed by atoms with Gasteiger partial charge in [-0.3, -0.25) is 9.59 Å². The van der Waals surface area contributed by atoms with E-state index in [1.54, 1.807) is 7.11 Å². The lowest BCUT2D eigenvalue weighted by Crippen LogP contribution is -2.34. The monoisotopic (exact) mass is 354 g/mol. The second-order valence-corrected chi connectivity index (χ2v) is 6.35. The normalized spacial score (nSPS) is 12.7. The van der Waals surface area contributed by atoms with Crippen LogP contribution in [0.5, 0.6) is 5.75 Å². The van der Waals surface area contributed by atoms with Gasteiger partial charge in [0, 0.05) is 13.5 Å². The Morgan fingerprint density at radius 2 is 1.65 bits per heavy atom. The van der Waals surface area contributed by atoms with Gasteiger partial charge in [-0.1, -0.05) is 49.4 Å². The van der Waals surface area contributed by atoms with Gasteiger partial charge in [0.2, 0.25) is 11.8 Å². The maximum atomic E-state index is 12.4. The second kappa shape index (κ2) is 9.61. The van der Waals surface area contributed by atoms with E-state index in [4.69, 9.17) is 4.74 Å². The lowest BCUT2D eigenvalue weighted by molar-refractivity contribution is -0.122. The Kier molecular flexibility index (Phi) is 7.21. The highest BCUT2D eigenvalue weighted by atomic mass is 16.5. The summed E-state index contributed by atoms with van der Waals surface area (Å²) in [5.74, 6) is 0.690. The van der Waals surface area contributed by atoms with Crippen molar-refractivity contribution in [2.45, 2.75) is 32.2 Å². The Labute approximate surface area is 154 Å². The zero-order valence-electron chi connectivity index (χ0n) is 15.5. The van der Waals surface area contributed by atoms with Gasteiger partial charge in [0.05, 0.1) is 19.6 Å². The Morgan fingerprint density at radius 1 is 1.00 bits per heavy atom. The van der Waals surface area contributed by atoms with E-state index in [1.165, 1.54) is 12.5 Å². The molecule has 0 fully saturated rings. The molecule has 26 heavy (non-hydrogen) atoms. The fraction of sp³-hybridized carbons (Fsp3) is 0.333. The smallest absolute Gasteiger partial charge is 0.222 e. The average molecular weight is 354 g/mol. The van der Waals surface area contributed by atoms with Gasteiger partial charge in [-0.25, -0.2) is 0 Å². The molecule has 2 unspecified atom stereocenters. The molecule has 0 saturated carbocycles. The number of carbonyl (C=O) groups is 2. The van der Waals surface area contributed by atoms with Crippen LogP contribution < -0.4 is 15.4 Å². The van der Waals surface area contributed by atoms with Crippen molar-refractivity contribution in [3.63, 3.8) is 0 Å². The van der Waals surface area contributed by atoms with Crippen molar-refractivity contribution < 1.29 is 14.3 Å². The van der Waals surface area contributed by atoms with Crippen molar-refractivity contribution in [3.8, 4) is 5.75 Å². The van der Waals surface area contributed by atoms with Gasteiger partial charge in [0.15, 0.2) is 0 Å². The first-order valence-corrected chi connectivity index (χ1v) is 8.72. The minimum Gasteiger partial charge on any atom is -0.497 e. The number of rotatable bonds is 8. The van der Waals surface area contributed by atoms with Gasteiger partial charge < -0.3 is 15.4 Å². The van der Waals surface area contributed by atoms with Gasteiger partial charge in [0.25, 0.3) is 0 Å². The van der Waals surface area contributed by atoms with Crippen molar-refractivity contribution in [1.82, 2.24) is 10.6 Å². The Bertz CT molecular complexity index is 714. The highest BCUT2D eigenvalue weighted by Gasteiger charge is 2.18. The molecule has 0 aromatic heterocycles. The van der Waals surface area contributed by atoms with Crippen molar-refractivity contribution in [2.75, 3.05) is 13.7 Å². The summed E-state index contributed by atoms with van der Waals surface area (Å²) >= 11 is 0. The summed E-state index contributed by atoms with van der Waals surface area (Å²) in [6, 6.07) is 17.0. The van der Waals surface area contributed by atoms with Crippen LogP contribution in [-0.2, 0) is 9.59 Å². The van der Waals surface area contributed by atoms with Crippen LogP contribution in [-0.4, -0.2) is 25.5 Å². The van der Waals surface area contributed by atoms with E-state index < -0.39 is 0 Å². The molecule has 0 bridgehead atoms. The minimum atomic E-state index is -0.370. The van der Waals surface area contributed by atoms with E-state index in [1.807, 2.05) is 54.6 Å². The molecule has 2 rings (SSSR count). The molecule has 0 spiro atoms. The van der Waals surface area contributed by atoms with Crippen molar-refractivity contribution >= 4 is 11.8 Å². The zero-order valence-corrected chi connectivity index (χ0v) is 15.5. The summed E-state index contributed by atoms with van der Waals surface area (Å²) in [5.41, 5.74) is 2.05. The van der Waals surface area contributed by atoms with E-state index in [0.717, 1.165) is 11.3 Å². The van der Waals surface area contributed by atoms with Gasteiger partial charge >= 0.3 is 0 Å². The minimum absolute atomic E-state index is 0.0950. The van der Waals surface area contributed by atoms with E-state index in [-0.39, 0.29) is 30.2 Å². The third-order valence-electron chi connectivity index (χ3n) is 4.26. The summed E-state index contributed by atoms with van der Waals surface area (Å²) < 4.78 is 5.15. The Morgan fingerprint density at radius 3 is 2.23 bits per heavy atom. The average Bonchev–Trinajstić information content (AvgIpc) is 2.66. The molecule has 138 valence electrons. The SMILES string of the molecule is COc1ccc(C(CC(=O)NCC(C)c2ccccc2)NC(C)=O)cc1. The van der Waals surface area contributed by atoms with Crippen molar-refractivity contribution in [3.05, 3.63) is 65.7 Å². The van der Waals surface area contributed by atoms with E-state index in [2.05, 4.69) is 17.6 Å². The standard InChI is InChI=1S/C21H26N2O3/c1-15(17-7-5-4-6-8-17)14-22-21(25)13-20(23-16(2)24)18-9-11-19(26-3)12-10-18/h4-12,15,20H,13-14H2,1-3H3,(H,22,25)(H,23,24). The number of hydrogen-bond donors (Lipinski definition) is 2. The molecule has 2 amide bonds. The molecule has 5 nitrogen and oxygen atoms in total. The fourth-order valence-electron chi connectivity index (χ4n) is 2.76. The van der Waals surface area contributed by atoms with Gasteiger partial charge in [-0.05, 0) is 29.2 Å². The molecule has 0 aliphatic rings. The lowest BCUT2D eigenvalue weighted by atomic mass is 10.0. The Balaban J connectivity index is 1.96. The number of amides is 2. The summed E-state index contributed by atoms with van der Waals surface area (Å²) in [6.45, 7) is 4.08. The largest absolute Gasteiger partial charge is 0.497 e. The third kappa shape index (κ3) is 5.92. The molecule has 2 aromatic carbocycles. The number of methoxy groups -OCH3 is 1. The predicted octanol–water partition coefficient (Wildman–Crippen LogP) is 3.18. The molecular formula is C21H26N2O3. The number of nitrogens with one attached hydrogen (secondary N) is 2. The topological polar surface area (TPSA) is 67.4 Å². The second-order valence-electron chi connectivity index (χ2n) is 6.35. The van der Waals surface area contributed by atoms with E-state index in [0.29, 0.717) is 6.54 Å². The highest BCUT2D eigenvalue weighted by Crippen LogP contribution is 2.21. The predicted molar refractivity (Wildman–Crippen MR) is 102 cm³/mol. The zero-order chi connectivity index (χ0) is 18.9. The Hall–Kier alpha value is -2.82. The first kappa shape index (κ1) is 19.5. The lowest BCUT2D eigenvalue weighted by Gasteiger charge is -2.19. The van der Waals surface area contributed by atoms with Crippen molar-refractivity contribution in [1.29, 1.82) is 0 Å². The molecule has 2 atom stereocenters. The van der Waals surface area contributed by atoms with Crippen LogP contribution in [0.25, 0.3) is 0 Å². The molecule has 2 aromatic rings. The quantitative estimate of drug-likeness (QED) is 0.765.